The first-order chi connectivity index (χ1) is 20.1. The van der Waals surface area contributed by atoms with Gasteiger partial charge in [0.1, 0.15) is 6.04 Å². The minimum Gasteiger partial charge on any atom is -0.453 e. The molecule has 42 heavy (non-hydrogen) atoms. The van der Waals surface area contributed by atoms with Crippen molar-refractivity contribution in [2.75, 3.05) is 32.5 Å². The van der Waals surface area contributed by atoms with Gasteiger partial charge in [0.15, 0.2) is 0 Å². The molecule has 0 radical (unpaired) electrons. The number of benzene rings is 3. The first-order valence-corrected chi connectivity index (χ1v) is 15.6. The normalized spacial score (nSPS) is 13.2. The summed E-state index contributed by atoms with van der Waals surface area (Å²) in [6.45, 7) is 4.09. The molecule has 228 valence electrons. The monoisotopic (exact) mass is 598 g/mol. The fourth-order valence-corrected chi connectivity index (χ4v) is 6.66. The minimum absolute atomic E-state index is 0.0443. The van der Waals surface area contributed by atoms with Crippen LogP contribution in [0.1, 0.15) is 38.7 Å². The molecule has 3 rings (SSSR count). The summed E-state index contributed by atoms with van der Waals surface area (Å²) < 4.78 is 33.0. The van der Waals surface area contributed by atoms with Gasteiger partial charge in [-0.1, -0.05) is 62.7 Å². The van der Waals surface area contributed by atoms with Crippen molar-refractivity contribution in [2.45, 2.75) is 56.5 Å². The molecule has 0 aliphatic heterocycles. The van der Waals surface area contributed by atoms with E-state index in [0.717, 1.165) is 16.3 Å². The van der Waals surface area contributed by atoms with Gasteiger partial charge in [-0.2, -0.15) is 4.31 Å². The number of hydrogen-bond donors (Lipinski definition) is 4. The van der Waals surface area contributed by atoms with Gasteiger partial charge in [-0.15, -0.1) is 0 Å². The summed E-state index contributed by atoms with van der Waals surface area (Å²) in [5.74, 6) is -0.303. The zero-order valence-electron chi connectivity index (χ0n) is 24.5. The maximum atomic E-state index is 13.4. The fourth-order valence-electron chi connectivity index (χ4n) is 4.85. The summed E-state index contributed by atoms with van der Waals surface area (Å²) in [5.41, 5.74) is 7.12. The maximum absolute atomic E-state index is 13.4. The van der Waals surface area contributed by atoms with Crippen molar-refractivity contribution in [3.05, 3.63) is 72.3 Å². The molecule has 3 aromatic carbocycles. The first-order valence-electron chi connectivity index (χ1n) is 14.1. The van der Waals surface area contributed by atoms with Crippen molar-refractivity contribution in [1.82, 2.24) is 14.9 Å². The molecule has 0 heterocycles. The number of anilines is 1. The lowest BCUT2D eigenvalue weighted by molar-refractivity contribution is -0.123. The first kappa shape index (κ1) is 32.8. The van der Waals surface area contributed by atoms with Crippen LogP contribution < -0.4 is 16.4 Å². The Labute approximate surface area is 248 Å². The second-order valence-electron chi connectivity index (χ2n) is 10.7. The van der Waals surface area contributed by atoms with Gasteiger partial charge < -0.3 is 26.2 Å². The third kappa shape index (κ3) is 8.91. The molecule has 0 unspecified atom stereocenters. The van der Waals surface area contributed by atoms with Gasteiger partial charge in [0.05, 0.1) is 18.6 Å². The van der Waals surface area contributed by atoms with E-state index in [-0.39, 0.29) is 36.3 Å². The minimum atomic E-state index is -3.86. The molecule has 11 heteroatoms. The van der Waals surface area contributed by atoms with E-state index in [1.807, 2.05) is 56.3 Å². The van der Waals surface area contributed by atoms with Crippen molar-refractivity contribution in [3.8, 4) is 0 Å². The van der Waals surface area contributed by atoms with Gasteiger partial charge in [-0.25, -0.2) is 13.2 Å². The molecule has 10 nitrogen and oxygen atoms in total. The number of amides is 2. The summed E-state index contributed by atoms with van der Waals surface area (Å²) in [4.78, 5) is 25.2. The topological polar surface area (TPSA) is 151 Å². The number of carbonyl (C=O) groups is 2. The van der Waals surface area contributed by atoms with Crippen LogP contribution in [0.4, 0.5) is 10.5 Å². The highest BCUT2D eigenvalue weighted by Crippen LogP contribution is 2.24. The molecule has 3 aromatic rings. The zero-order valence-corrected chi connectivity index (χ0v) is 25.3. The SMILES string of the molecule is COC(=O)N[C@H](Cc1cccc2ccccc12)C(=O)NCCCC[C@@H](CO)N(CC(C)C)S(=O)(=O)c1ccc(N)cc1. The lowest BCUT2D eigenvalue weighted by Crippen LogP contribution is -2.48. The average Bonchev–Trinajstić information content (AvgIpc) is 2.97. The predicted molar refractivity (Wildman–Crippen MR) is 164 cm³/mol. The lowest BCUT2D eigenvalue weighted by atomic mass is 9.98. The molecule has 0 aromatic heterocycles. The number of nitrogen functional groups attached to an aromatic ring is 1. The highest BCUT2D eigenvalue weighted by atomic mass is 32.2. The lowest BCUT2D eigenvalue weighted by Gasteiger charge is -2.31. The Bertz CT molecular complexity index is 1420. The highest BCUT2D eigenvalue weighted by Gasteiger charge is 2.31. The van der Waals surface area contributed by atoms with Crippen LogP contribution in [0.25, 0.3) is 10.8 Å². The van der Waals surface area contributed by atoms with E-state index in [1.165, 1.54) is 23.5 Å². The molecular formula is C31H42N4O6S. The van der Waals surface area contributed by atoms with Crippen LogP contribution in [0, 0.1) is 5.92 Å². The van der Waals surface area contributed by atoms with Crippen LogP contribution in [-0.4, -0.2) is 68.7 Å². The van der Waals surface area contributed by atoms with Crippen LogP contribution in [0.15, 0.2) is 71.6 Å². The van der Waals surface area contributed by atoms with E-state index in [2.05, 4.69) is 10.6 Å². The molecule has 5 N–H and O–H groups in total. The van der Waals surface area contributed by atoms with Crippen LogP contribution in [0.3, 0.4) is 0 Å². The van der Waals surface area contributed by atoms with Crippen molar-refractivity contribution < 1.29 is 27.9 Å². The van der Waals surface area contributed by atoms with Gasteiger partial charge >= 0.3 is 6.09 Å². The smallest absolute Gasteiger partial charge is 0.407 e. The number of alkyl carbamates (subject to hydrolysis) is 1. The van der Waals surface area contributed by atoms with Gasteiger partial charge in [-0.05, 0) is 59.4 Å². The largest absolute Gasteiger partial charge is 0.453 e. The Morgan fingerprint density at radius 2 is 1.69 bits per heavy atom. The Morgan fingerprint density at radius 1 is 1.00 bits per heavy atom. The van der Waals surface area contributed by atoms with Crippen LogP contribution in [-0.2, 0) is 26.0 Å². The van der Waals surface area contributed by atoms with Crippen molar-refractivity contribution in [3.63, 3.8) is 0 Å². The molecule has 0 fully saturated rings. The van der Waals surface area contributed by atoms with E-state index in [0.29, 0.717) is 31.5 Å². The van der Waals surface area contributed by atoms with E-state index in [4.69, 9.17) is 10.5 Å². The number of aliphatic hydroxyl groups excluding tert-OH is 1. The van der Waals surface area contributed by atoms with E-state index in [9.17, 15) is 23.1 Å². The van der Waals surface area contributed by atoms with Crippen molar-refractivity contribution >= 4 is 38.5 Å². The van der Waals surface area contributed by atoms with Crippen molar-refractivity contribution in [1.29, 1.82) is 0 Å². The van der Waals surface area contributed by atoms with E-state index < -0.39 is 28.2 Å². The predicted octanol–water partition coefficient (Wildman–Crippen LogP) is 3.68. The molecule has 2 amide bonds. The number of carbonyl (C=O) groups excluding carboxylic acids is 2. The summed E-state index contributed by atoms with van der Waals surface area (Å²) in [7, 11) is -2.61. The Balaban J connectivity index is 1.61. The standard InChI is InChI=1S/C31H42N4O6S/c1-22(2)20-35(42(39,40)27-16-14-25(32)15-17-27)26(21-36)12-6-7-18-33-30(37)29(34-31(38)41-3)19-24-11-8-10-23-9-4-5-13-28(23)24/h4-5,8-11,13-17,22,26,29,36H,6-7,12,18-21,32H2,1-3H3,(H,33,37)(H,34,38)/t26-,29+/m0/s1. The van der Waals surface area contributed by atoms with Crippen LogP contribution >= 0.6 is 0 Å². The molecule has 0 aliphatic rings. The van der Waals surface area contributed by atoms with Crippen LogP contribution in [0.2, 0.25) is 0 Å². The van der Waals surface area contributed by atoms with Crippen molar-refractivity contribution in [2.24, 2.45) is 5.92 Å². The number of methoxy groups -OCH3 is 1. The molecule has 0 bridgehead atoms. The van der Waals surface area contributed by atoms with E-state index >= 15 is 0 Å². The third-order valence-electron chi connectivity index (χ3n) is 7.01. The number of nitrogens with two attached hydrogens (primary N) is 1. The molecule has 0 saturated heterocycles. The number of hydrogen-bond acceptors (Lipinski definition) is 7. The Kier molecular flexibility index (Phi) is 12.1. The van der Waals surface area contributed by atoms with Gasteiger partial charge in [-0.3, -0.25) is 4.79 Å². The molecule has 0 spiro atoms. The highest BCUT2D eigenvalue weighted by molar-refractivity contribution is 7.89. The number of rotatable bonds is 15. The summed E-state index contributed by atoms with van der Waals surface area (Å²) in [5, 5.41) is 17.7. The Hall–Kier alpha value is -3.67. The number of fused-ring (bicyclic) bond motifs is 1. The second-order valence-corrected chi connectivity index (χ2v) is 12.6. The molecular weight excluding hydrogens is 556 g/mol. The average molecular weight is 599 g/mol. The molecule has 0 aliphatic carbocycles. The van der Waals surface area contributed by atoms with Crippen LogP contribution in [0.5, 0.6) is 0 Å². The number of unbranched alkanes of at least 4 members (excludes halogenated alkanes) is 1. The third-order valence-corrected chi connectivity index (χ3v) is 8.94. The molecule has 2 atom stereocenters. The number of aliphatic hydroxyl groups is 1. The van der Waals surface area contributed by atoms with Gasteiger partial charge in [0, 0.05) is 31.2 Å². The fraction of sp³-hybridized carbons (Fsp3) is 0.419. The Morgan fingerprint density at radius 3 is 2.36 bits per heavy atom. The van der Waals surface area contributed by atoms with E-state index in [1.54, 1.807) is 12.1 Å². The molecule has 0 saturated carbocycles. The summed E-state index contributed by atoms with van der Waals surface area (Å²) in [6, 6.07) is 18.2. The van der Waals surface area contributed by atoms with Gasteiger partial charge in [0.25, 0.3) is 0 Å². The quantitative estimate of drug-likeness (QED) is 0.154. The number of nitrogens with one attached hydrogen (secondary N) is 2. The second kappa shape index (κ2) is 15.5. The van der Waals surface area contributed by atoms with Gasteiger partial charge in [0.2, 0.25) is 15.9 Å². The summed E-state index contributed by atoms with van der Waals surface area (Å²) >= 11 is 0. The maximum Gasteiger partial charge on any atom is 0.407 e. The number of nitrogens with zero attached hydrogens (tertiary/aromatic N) is 1. The summed E-state index contributed by atoms with van der Waals surface area (Å²) in [6.07, 6.45) is 1.11. The number of sulfonamides is 1. The zero-order chi connectivity index (χ0) is 30.7. The number of ether oxygens (including phenoxy) is 1.